The minimum atomic E-state index is 0.0373. The predicted octanol–water partition coefficient (Wildman–Crippen LogP) is 2.18. The van der Waals surface area contributed by atoms with Crippen LogP contribution in [0, 0.1) is 5.92 Å². The van der Waals surface area contributed by atoms with Crippen LogP contribution >= 0.6 is 0 Å². The molecular formula is C20H22N4O. The number of nitrogens with zero attached hydrogens (tertiary/aromatic N) is 4. The highest BCUT2D eigenvalue weighted by Crippen LogP contribution is 2.46. The van der Waals surface area contributed by atoms with E-state index in [-0.39, 0.29) is 5.91 Å². The maximum Gasteiger partial charge on any atom is 0.274 e. The first-order valence-corrected chi connectivity index (χ1v) is 9.19. The van der Waals surface area contributed by atoms with Crippen molar-refractivity contribution in [2.24, 2.45) is 5.92 Å². The molecule has 2 aromatic rings. The van der Waals surface area contributed by atoms with Gasteiger partial charge in [-0.3, -0.25) is 14.7 Å². The first kappa shape index (κ1) is 15.0. The molecule has 2 bridgehead atoms. The van der Waals surface area contributed by atoms with Gasteiger partial charge in [0.15, 0.2) is 0 Å². The van der Waals surface area contributed by atoms with Crippen LogP contribution in [0.2, 0.25) is 0 Å². The number of fused-ring (bicyclic) bond motifs is 2. The van der Waals surface area contributed by atoms with E-state index in [4.69, 9.17) is 0 Å². The van der Waals surface area contributed by atoms with Crippen LogP contribution in [0.4, 0.5) is 0 Å². The van der Waals surface area contributed by atoms with Gasteiger partial charge in [0.25, 0.3) is 5.91 Å². The van der Waals surface area contributed by atoms with Crippen molar-refractivity contribution >= 4 is 5.91 Å². The van der Waals surface area contributed by atoms with E-state index in [1.807, 2.05) is 0 Å². The average molecular weight is 334 g/mol. The van der Waals surface area contributed by atoms with Crippen molar-refractivity contribution in [1.29, 1.82) is 0 Å². The Morgan fingerprint density at radius 3 is 2.56 bits per heavy atom. The summed E-state index contributed by atoms with van der Waals surface area (Å²) in [5.74, 6) is 1.04. The van der Waals surface area contributed by atoms with Gasteiger partial charge in [-0.15, -0.1) is 0 Å². The molecule has 4 aliphatic rings. The molecule has 0 saturated carbocycles. The highest BCUT2D eigenvalue weighted by molar-refractivity contribution is 5.92. The van der Waals surface area contributed by atoms with E-state index in [2.05, 4.69) is 50.1 Å². The molecule has 1 amide bonds. The van der Waals surface area contributed by atoms with Gasteiger partial charge in [-0.25, -0.2) is 4.98 Å². The quantitative estimate of drug-likeness (QED) is 0.845. The van der Waals surface area contributed by atoms with Crippen molar-refractivity contribution in [3.05, 3.63) is 60.2 Å². The summed E-state index contributed by atoms with van der Waals surface area (Å²) in [6.45, 7) is 3.12. The Kier molecular flexibility index (Phi) is 3.55. The van der Waals surface area contributed by atoms with Crippen molar-refractivity contribution in [1.82, 2.24) is 19.8 Å². The topological polar surface area (TPSA) is 49.3 Å². The summed E-state index contributed by atoms with van der Waals surface area (Å²) in [5, 5.41) is 0. The summed E-state index contributed by atoms with van der Waals surface area (Å²) in [5.41, 5.74) is 1.81. The van der Waals surface area contributed by atoms with E-state index in [0.29, 0.717) is 29.6 Å². The van der Waals surface area contributed by atoms with Crippen molar-refractivity contribution in [2.45, 2.75) is 30.8 Å². The molecule has 4 aliphatic heterocycles. The van der Waals surface area contributed by atoms with Gasteiger partial charge in [0.05, 0.1) is 12.2 Å². The third kappa shape index (κ3) is 2.37. The Morgan fingerprint density at radius 1 is 1.04 bits per heavy atom. The number of likely N-dealkylation sites (tertiary alicyclic amines) is 1. The van der Waals surface area contributed by atoms with Gasteiger partial charge in [0, 0.05) is 30.9 Å². The number of hydrogen-bond acceptors (Lipinski definition) is 4. The molecule has 1 aromatic carbocycles. The van der Waals surface area contributed by atoms with Crippen LogP contribution in [-0.4, -0.2) is 57.4 Å². The van der Waals surface area contributed by atoms with Crippen molar-refractivity contribution in [3.63, 3.8) is 0 Å². The zero-order valence-electron chi connectivity index (χ0n) is 14.2. The molecule has 6 rings (SSSR count). The number of hydrogen-bond donors (Lipinski definition) is 0. The number of rotatable bonds is 2. The molecule has 4 fully saturated rings. The minimum Gasteiger partial charge on any atom is -0.332 e. The van der Waals surface area contributed by atoms with Gasteiger partial charge < -0.3 is 4.90 Å². The van der Waals surface area contributed by atoms with Crippen molar-refractivity contribution < 1.29 is 4.79 Å². The Hall–Kier alpha value is -2.27. The molecule has 128 valence electrons. The second-order valence-electron chi connectivity index (χ2n) is 7.42. The summed E-state index contributed by atoms with van der Waals surface area (Å²) >= 11 is 0. The number of carbonyl (C=O) groups is 1. The normalized spacial score (nSPS) is 33.3. The Morgan fingerprint density at radius 2 is 1.84 bits per heavy atom. The first-order valence-electron chi connectivity index (χ1n) is 9.19. The van der Waals surface area contributed by atoms with E-state index >= 15 is 0 Å². The number of benzene rings is 1. The summed E-state index contributed by atoms with van der Waals surface area (Å²) in [7, 11) is 0. The van der Waals surface area contributed by atoms with E-state index in [1.54, 1.807) is 18.6 Å². The van der Waals surface area contributed by atoms with Crippen molar-refractivity contribution in [3.8, 4) is 0 Å². The fourth-order valence-electron chi connectivity index (χ4n) is 5.20. The van der Waals surface area contributed by atoms with Gasteiger partial charge in [0.1, 0.15) is 5.69 Å². The van der Waals surface area contributed by atoms with Gasteiger partial charge in [-0.2, -0.15) is 0 Å². The molecule has 0 unspecified atom stereocenters. The predicted molar refractivity (Wildman–Crippen MR) is 94.1 cm³/mol. The fraction of sp³-hybridized carbons (Fsp3) is 0.450. The Labute approximate surface area is 147 Å². The molecule has 5 heterocycles. The molecule has 0 N–H and O–H groups in total. The molecule has 0 spiro atoms. The van der Waals surface area contributed by atoms with E-state index < -0.39 is 0 Å². The number of aromatic nitrogens is 2. The van der Waals surface area contributed by atoms with E-state index in [0.717, 1.165) is 6.54 Å². The van der Waals surface area contributed by atoms with Crippen LogP contribution in [-0.2, 0) is 0 Å². The lowest BCUT2D eigenvalue weighted by molar-refractivity contribution is -0.00359. The van der Waals surface area contributed by atoms with Crippen molar-refractivity contribution in [2.75, 3.05) is 19.6 Å². The maximum absolute atomic E-state index is 13.2. The van der Waals surface area contributed by atoms with E-state index in [9.17, 15) is 4.79 Å². The maximum atomic E-state index is 13.2. The SMILES string of the molecule is O=C(c1cnccn1)N1C[C@H](c2ccccc2)[C@@H]2[C@H]1C1CCN2CC1. The minimum absolute atomic E-state index is 0.0373. The zero-order chi connectivity index (χ0) is 16.8. The molecule has 5 heteroatoms. The number of amides is 1. The molecule has 0 radical (unpaired) electrons. The van der Waals surface area contributed by atoms with Crippen LogP contribution in [0.3, 0.4) is 0 Å². The number of carbonyl (C=O) groups excluding carboxylic acids is 1. The summed E-state index contributed by atoms with van der Waals surface area (Å²) in [6.07, 6.45) is 7.21. The second kappa shape index (κ2) is 5.92. The average Bonchev–Trinajstić information content (AvgIpc) is 3.12. The van der Waals surface area contributed by atoms with Gasteiger partial charge in [0.2, 0.25) is 0 Å². The highest BCUT2D eigenvalue weighted by atomic mass is 16.2. The highest BCUT2D eigenvalue weighted by Gasteiger charge is 2.54. The van der Waals surface area contributed by atoms with E-state index in [1.165, 1.54) is 31.5 Å². The fourth-order valence-corrected chi connectivity index (χ4v) is 5.20. The van der Waals surface area contributed by atoms with Crippen LogP contribution in [0.5, 0.6) is 0 Å². The molecule has 3 atom stereocenters. The van der Waals surface area contributed by atoms with Crippen LogP contribution in [0.15, 0.2) is 48.9 Å². The standard InChI is InChI=1S/C20H22N4O/c25-20(17-12-21-8-9-22-17)24-13-16(14-4-2-1-3-5-14)19-18(24)15-6-10-23(19)11-7-15/h1-5,8-9,12,15-16,18-19H,6-7,10-11,13H2/t16-,18-,19-/m1/s1. The molecule has 5 nitrogen and oxygen atoms in total. The smallest absolute Gasteiger partial charge is 0.274 e. The van der Waals surface area contributed by atoms with Crippen LogP contribution in [0.1, 0.15) is 34.8 Å². The summed E-state index contributed by atoms with van der Waals surface area (Å²) < 4.78 is 0. The lowest BCUT2D eigenvalue weighted by Gasteiger charge is -2.51. The third-order valence-electron chi connectivity index (χ3n) is 6.27. The number of piperidine rings is 3. The van der Waals surface area contributed by atoms with Gasteiger partial charge in [-0.05, 0) is 37.4 Å². The molecule has 1 aromatic heterocycles. The molecule has 0 aliphatic carbocycles. The largest absolute Gasteiger partial charge is 0.332 e. The second-order valence-corrected chi connectivity index (χ2v) is 7.42. The molecule has 25 heavy (non-hydrogen) atoms. The van der Waals surface area contributed by atoms with Crippen LogP contribution in [0.25, 0.3) is 0 Å². The third-order valence-corrected chi connectivity index (χ3v) is 6.27. The van der Waals surface area contributed by atoms with Gasteiger partial charge in [-0.1, -0.05) is 30.3 Å². The molecule has 4 saturated heterocycles. The Balaban J connectivity index is 1.53. The zero-order valence-corrected chi connectivity index (χ0v) is 14.2. The first-order chi connectivity index (χ1) is 12.3. The molecular weight excluding hydrogens is 312 g/mol. The van der Waals surface area contributed by atoms with Crippen LogP contribution < -0.4 is 0 Å². The summed E-state index contributed by atoms with van der Waals surface area (Å²) in [4.78, 5) is 26.2. The lowest BCUT2D eigenvalue weighted by Crippen LogP contribution is -2.60. The summed E-state index contributed by atoms with van der Waals surface area (Å²) in [6, 6.07) is 11.4. The van der Waals surface area contributed by atoms with Gasteiger partial charge >= 0.3 is 0 Å². The lowest BCUT2D eigenvalue weighted by atomic mass is 9.75. The Bertz CT molecular complexity index is 758. The monoisotopic (exact) mass is 334 g/mol.